The van der Waals surface area contributed by atoms with E-state index in [1.54, 1.807) is 0 Å². The van der Waals surface area contributed by atoms with Gasteiger partial charge < -0.3 is 44.6 Å². The van der Waals surface area contributed by atoms with E-state index in [4.69, 9.17) is 24.2 Å². The van der Waals surface area contributed by atoms with Crippen molar-refractivity contribution in [1.82, 2.24) is 40.4 Å². The molecule has 15 nitrogen and oxygen atoms in total. The third-order valence-corrected chi connectivity index (χ3v) is 13.8. The lowest BCUT2D eigenvalue weighted by molar-refractivity contribution is -0.136. The van der Waals surface area contributed by atoms with Gasteiger partial charge in [0.05, 0.1) is 48.4 Å². The molecule has 4 aromatic carbocycles. The van der Waals surface area contributed by atoms with Gasteiger partial charge in [-0.1, -0.05) is 82.3 Å². The van der Waals surface area contributed by atoms with E-state index in [-0.39, 0.29) is 53.5 Å². The summed E-state index contributed by atoms with van der Waals surface area (Å²) in [6.45, 7) is 9.28. The van der Waals surface area contributed by atoms with Crippen LogP contribution in [0.15, 0.2) is 91.0 Å². The second kappa shape index (κ2) is 19.1. The van der Waals surface area contributed by atoms with Crippen LogP contribution in [0.4, 0.5) is 9.59 Å². The summed E-state index contributed by atoms with van der Waals surface area (Å²) in [7, 11) is 2.59. The number of imidazole rings is 2. The lowest BCUT2D eigenvalue weighted by Crippen LogP contribution is -2.51. The first-order valence-electron chi connectivity index (χ1n) is 23.5. The SMILES string of the molecule is COC(=O)NC(C(=O)N1CCCC1c1nc2ccc(C3C(c4ccc(OCc5ccccc5)cc4)C3c3ccc4nc(C5CCCN5C(=O)C(NC(=O)OC)C(C)C)[nH]c4c3)cc2[nH]1)C(C)C. The molecule has 0 bridgehead atoms. The number of carbonyl (C=O) groups is 4. The van der Waals surface area contributed by atoms with Gasteiger partial charge in [0.25, 0.3) is 0 Å². The van der Waals surface area contributed by atoms with E-state index in [1.807, 2.05) is 55.7 Å². The van der Waals surface area contributed by atoms with Crippen LogP contribution in [-0.2, 0) is 25.7 Å². The maximum absolute atomic E-state index is 13.9. The number of rotatable bonds is 14. The molecule has 4 heterocycles. The van der Waals surface area contributed by atoms with Crippen molar-refractivity contribution in [1.29, 1.82) is 0 Å². The van der Waals surface area contributed by atoms with Gasteiger partial charge in [-0.25, -0.2) is 19.6 Å². The fourth-order valence-electron chi connectivity index (χ4n) is 10.3. The Labute approximate surface area is 390 Å². The number of amides is 4. The van der Waals surface area contributed by atoms with Crippen molar-refractivity contribution >= 4 is 46.1 Å². The number of nitrogens with one attached hydrogen (secondary N) is 4. The van der Waals surface area contributed by atoms with Crippen LogP contribution < -0.4 is 15.4 Å². The highest BCUT2D eigenvalue weighted by molar-refractivity contribution is 5.87. The van der Waals surface area contributed by atoms with Crippen LogP contribution in [0.5, 0.6) is 5.75 Å². The number of fused-ring (bicyclic) bond motifs is 2. The molecule has 2 saturated heterocycles. The van der Waals surface area contributed by atoms with Gasteiger partial charge in [0.1, 0.15) is 36.1 Å². The van der Waals surface area contributed by atoms with E-state index in [2.05, 4.69) is 93.4 Å². The maximum Gasteiger partial charge on any atom is 0.407 e. The zero-order valence-corrected chi connectivity index (χ0v) is 39.0. The van der Waals surface area contributed by atoms with Crippen LogP contribution in [0, 0.1) is 11.8 Å². The van der Waals surface area contributed by atoms with E-state index in [0.717, 1.165) is 70.7 Å². The normalized spacial score (nSPS) is 21.2. The van der Waals surface area contributed by atoms with Gasteiger partial charge in [0.15, 0.2) is 0 Å². The monoisotopic (exact) mass is 908 g/mol. The molecule has 350 valence electrons. The molecule has 4 amide bonds. The van der Waals surface area contributed by atoms with Crippen molar-refractivity contribution in [2.75, 3.05) is 27.3 Å². The van der Waals surface area contributed by atoms with Crippen LogP contribution in [-0.4, -0.2) is 93.1 Å². The number of ether oxygens (including phenoxy) is 3. The predicted molar refractivity (Wildman–Crippen MR) is 253 cm³/mol. The average molecular weight is 909 g/mol. The lowest BCUT2D eigenvalue weighted by Gasteiger charge is -2.29. The Morgan fingerprint density at radius 1 is 0.627 bits per heavy atom. The van der Waals surface area contributed by atoms with Crippen LogP contribution in [0.25, 0.3) is 22.1 Å². The first kappa shape index (κ1) is 45.3. The van der Waals surface area contributed by atoms with Gasteiger partial charge >= 0.3 is 12.2 Å². The first-order chi connectivity index (χ1) is 32.4. The Morgan fingerprint density at radius 2 is 1.07 bits per heavy atom. The number of alkyl carbamates (subject to hydrolysis) is 2. The quantitative estimate of drug-likeness (QED) is 0.0830. The molecule has 6 atom stereocenters. The second-order valence-corrected chi connectivity index (χ2v) is 18.8. The summed E-state index contributed by atoms with van der Waals surface area (Å²) >= 11 is 0. The van der Waals surface area contributed by atoms with Crippen molar-refractivity contribution in [3.63, 3.8) is 0 Å². The molecule has 1 saturated carbocycles. The lowest BCUT2D eigenvalue weighted by atomic mass is 10.0. The van der Waals surface area contributed by atoms with Crippen LogP contribution >= 0.6 is 0 Å². The van der Waals surface area contributed by atoms with Gasteiger partial charge in [-0.05, 0) is 114 Å². The Kier molecular flexibility index (Phi) is 12.9. The van der Waals surface area contributed by atoms with Crippen molar-refractivity contribution < 1.29 is 33.4 Å². The predicted octanol–water partition coefficient (Wildman–Crippen LogP) is 8.77. The fourth-order valence-corrected chi connectivity index (χ4v) is 10.3. The molecule has 1 aliphatic carbocycles. The summed E-state index contributed by atoms with van der Waals surface area (Å²) in [5, 5.41) is 5.48. The molecule has 2 aromatic heterocycles. The number of hydrogen-bond donors (Lipinski definition) is 4. The smallest absolute Gasteiger partial charge is 0.407 e. The summed E-state index contributed by atoms with van der Waals surface area (Å²) < 4.78 is 15.8. The average Bonchev–Trinajstić information content (AvgIpc) is 3.90. The zero-order valence-electron chi connectivity index (χ0n) is 39.0. The number of nitrogens with zero attached hydrogens (tertiary/aromatic N) is 4. The van der Waals surface area contributed by atoms with E-state index in [0.29, 0.717) is 19.7 Å². The second-order valence-electron chi connectivity index (χ2n) is 18.8. The summed E-state index contributed by atoms with van der Waals surface area (Å²) in [5.41, 5.74) is 8.12. The van der Waals surface area contributed by atoms with Crippen molar-refractivity contribution in [3.05, 3.63) is 125 Å². The van der Waals surface area contributed by atoms with Gasteiger partial charge in [-0.2, -0.15) is 0 Å². The highest BCUT2D eigenvalue weighted by Gasteiger charge is 2.53. The van der Waals surface area contributed by atoms with E-state index in [9.17, 15) is 19.2 Å². The molecular formula is C52H60N8O7. The van der Waals surface area contributed by atoms with E-state index < -0.39 is 24.3 Å². The molecule has 0 spiro atoms. The number of H-pyrrole nitrogens is 2. The van der Waals surface area contributed by atoms with E-state index in [1.165, 1.54) is 30.9 Å². The van der Waals surface area contributed by atoms with Gasteiger partial charge in [-0.3, -0.25) is 9.59 Å². The van der Waals surface area contributed by atoms with Crippen LogP contribution in [0.3, 0.4) is 0 Å². The topological polar surface area (TPSA) is 184 Å². The summed E-state index contributed by atoms with van der Waals surface area (Å²) in [6.07, 6.45) is 1.92. The van der Waals surface area contributed by atoms with Crippen LogP contribution in [0.2, 0.25) is 0 Å². The van der Waals surface area contributed by atoms with Crippen LogP contribution in [0.1, 0.15) is 117 Å². The summed E-state index contributed by atoms with van der Waals surface area (Å²) in [6, 6.07) is 29.5. The molecule has 2 aliphatic heterocycles. The third kappa shape index (κ3) is 9.28. The van der Waals surface area contributed by atoms with Crippen molar-refractivity contribution in [2.24, 2.45) is 11.8 Å². The molecule has 4 N–H and O–H groups in total. The zero-order chi connectivity index (χ0) is 46.9. The standard InChI is InChI=1S/C52H60N8O7/c1-29(2)45(57-51(63)65-5)49(61)59-24-10-14-40(59)47-53-36-22-18-33(26-38(36)55-47)43-42(32-16-20-35(21-17-32)67-28-31-12-8-7-9-13-31)44(43)34-19-23-37-39(27-34)56-48(54-37)41-15-11-25-60(41)50(62)46(30(3)4)58-52(64)66-6/h7-9,12-13,16-23,26-27,29-30,40-46H,10-11,14-15,24-25,28H2,1-6H3,(H,53,55)(H,54,56)(H,57,63)(H,58,64). The molecule has 0 radical (unpaired) electrons. The number of aromatic nitrogens is 4. The maximum atomic E-state index is 13.9. The molecule has 9 rings (SSSR count). The largest absolute Gasteiger partial charge is 0.489 e. The number of aromatic amines is 2. The third-order valence-electron chi connectivity index (χ3n) is 13.8. The molecule has 67 heavy (non-hydrogen) atoms. The summed E-state index contributed by atoms with van der Waals surface area (Å²) in [5.74, 6) is 2.17. The number of benzene rings is 4. The van der Waals surface area contributed by atoms with Gasteiger partial charge in [0.2, 0.25) is 11.8 Å². The molecule has 3 aliphatic rings. The number of likely N-dealkylation sites (tertiary alicyclic amines) is 2. The minimum atomic E-state index is -0.717. The molecule has 6 aromatic rings. The molecular weight excluding hydrogens is 849 g/mol. The highest BCUT2D eigenvalue weighted by Crippen LogP contribution is 2.66. The first-order valence-corrected chi connectivity index (χ1v) is 23.5. The highest BCUT2D eigenvalue weighted by atomic mass is 16.5. The van der Waals surface area contributed by atoms with Gasteiger partial charge in [0, 0.05) is 13.1 Å². The summed E-state index contributed by atoms with van der Waals surface area (Å²) in [4.78, 5) is 73.1. The minimum absolute atomic E-state index is 0.131. The number of carbonyl (C=O) groups excluding carboxylic acids is 4. The Bertz CT molecular complexity index is 2610. The molecule has 15 heteroatoms. The van der Waals surface area contributed by atoms with Crippen molar-refractivity contribution in [2.45, 2.75) is 102 Å². The molecule has 3 fully saturated rings. The fraction of sp³-hybridized carbons (Fsp3) is 0.423. The number of methoxy groups -OCH3 is 2. The van der Waals surface area contributed by atoms with E-state index >= 15 is 0 Å². The van der Waals surface area contributed by atoms with Gasteiger partial charge in [-0.15, -0.1) is 0 Å². The molecule has 6 unspecified atom stereocenters. The van der Waals surface area contributed by atoms with Crippen molar-refractivity contribution in [3.8, 4) is 5.75 Å². The Balaban J connectivity index is 1.00. The Morgan fingerprint density at radius 3 is 1.52 bits per heavy atom. The minimum Gasteiger partial charge on any atom is -0.489 e. The number of hydrogen-bond acceptors (Lipinski definition) is 9. The Hall–Kier alpha value is -6.90.